The molecule has 0 aromatic heterocycles. The first-order chi connectivity index (χ1) is 27.9. The van der Waals surface area contributed by atoms with Gasteiger partial charge in [-0.3, -0.25) is 14.4 Å². The summed E-state index contributed by atoms with van der Waals surface area (Å²) in [5, 5.41) is 1.86. The molecule has 0 heterocycles. The lowest BCUT2D eigenvalue weighted by molar-refractivity contribution is -0.203. The van der Waals surface area contributed by atoms with Crippen molar-refractivity contribution < 1.29 is 19.2 Å². The van der Waals surface area contributed by atoms with Crippen LogP contribution in [-0.2, 0) is 19.2 Å². The van der Waals surface area contributed by atoms with Crippen LogP contribution in [0.2, 0.25) is 0 Å². The Morgan fingerprint density at radius 2 is 0.825 bits per heavy atom. The molecule has 6 nitrogen and oxygen atoms in total. The number of nitrogens with zero attached hydrogens (tertiary/aromatic N) is 2. The van der Waals surface area contributed by atoms with E-state index in [0.717, 1.165) is 70.8 Å². The number of carbonyl (C=O) groups is 2. The second-order valence-corrected chi connectivity index (χ2v) is 18.1. The van der Waals surface area contributed by atoms with Crippen LogP contribution >= 0.6 is 0 Å². The molecule has 2 atom stereocenters. The van der Waals surface area contributed by atoms with Gasteiger partial charge in [-0.05, 0) is 77.9 Å². The normalized spacial score (nSPS) is 12.7. The van der Waals surface area contributed by atoms with E-state index in [1.165, 1.54) is 167 Å². The van der Waals surface area contributed by atoms with Crippen molar-refractivity contribution in [2.24, 2.45) is 5.92 Å². The van der Waals surface area contributed by atoms with Crippen LogP contribution in [0.3, 0.4) is 0 Å². The summed E-state index contributed by atoms with van der Waals surface area (Å²) in [6.45, 7) is 11.4. The number of hydroxylamine groups is 2. The summed E-state index contributed by atoms with van der Waals surface area (Å²) in [6, 6.07) is 0.145. The first kappa shape index (κ1) is 55.9. The fourth-order valence-electron chi connectivity index (χ4n) is 8.16. The summed E-state index contributed by atoms with van der Waals surface area (Å²) in [6.07, 6.45) is 45.1. The highest BCUT2D eigenvalue weighted by atomic mass is 16.7. The fourth-order valence-corrected chi connectivity index (χ4v) is 8.16. The number of hydrogen-bond acceptors (Lipinski definition) is 5. The third kappa shape index (κ3) is 38.8. The number of unbranched alkanes of at least 4 members (excludes halogenated alkanes) is 26. The molecule has 0 saturated carbocycles. The average molecular weight is 807 g/mol. The molecule has 0 N–H and O–H groups in total. The van der Waals surface area contributed by atoms with Crippen molar-refractivity contribution in [1.82, 2.24) is 9.96 Å². The molecule has 0 fully saturated rings. The highest BCUT2D eigenvalue weighted by Gasteiger charge is 2.24. The minimum Gasteiger partial charge on any atom is -0.465 e. The van der Waals surface area contributed by atoms with Crippen LogP contribution in [0.5, 0.6) is 0 Å². The molecule has 340 valence electrons. The van der Waals surface area contributed by atoms with E-state index in [4.69, 9.17) is 9.57 Å². The predicted molar refractivity (Wildman–Crippen MR) is 248 cm³/mol. The molecule has 0 saturated heterocycles. The predicted octanol–water partition coefficient (Wildman–Crippen LogP) is 15.7. The summed E-state index contributed by atoms with van der Waals surface area (Å²) < 4.78 is 5.89. The number of amides is 1. The standard InChI is InChI=1S/C51H102N2O4/c1-7-11-15-19-22-24-27-33-41-49(53(50(54)43-36-37-45-52(5)6)57-46-38-30-25-23-20-16-12-8-2)42-34-28-29-35-44-51(55)56-47-48(39-31-18-14-10-4)40-32-26-21-17-13-9-3/h48-49H,7-47H2,1-6H3. The zero-order chi connectivity index (χ0) is 41.9. The van der Waals surface area contributed by atoms with Gasteiger partial charge in [0.15, 0.2) is 0 Å². The molecule has 0 aromatic carbocycles. The number of hydrogen-bond donors (Lipinski definition) is 0. The van der Waals surface area contributed by atoms with Crippen molar-refractivity contribution in [1.29, 1.82) is 0 Å². The summed E-state index contributed by atoms with van der Waals surface area (Å²) >= 11 is 0. The van der Waals surface area contributed by atoms with Crippen LogP contribution < -0.4 is 0 Å². The zero-order valence-corrected chi connectivity index (χ0v) is 39.7. The molecule has 0 radical (unpaired) electrons. The maximum Gasteiger partial charge on any atom is 0.305 e. The lowest BCUT2D eigenvalue weighted by atomic mass is 9.95. The van der Waals surface area contributed by atoms with E-state index in [0.29, 0.717) is 32.0 Å². The molecule has 0 spiro atoms. The molecule has 6 heteroatoms. The highest BCUT2D eigenvalue weighted by Crippen LogP contribution is 2.23. The monoisotopic (exact) mass is 807 g/mol. The van der Waals surface area contributed by atoms with Crippen LogP contribution in [0.1, 0.15) is 272 Å². The van der Waals surface area contributed by atoms with Gasteiger partial charge in [0, 0.05) is 12.8 Å². The fraction of sp³-hybridized carbons (Fsp3) is 0.961. The molecule has 0 aromatic rings. The van der Waals surface area contributed by atoms with Crippen LogP contribution in [0.15, 0.2) is 0 Å². The largest absolute Gasteiger partial charge is 0.465 e. The van der Waals surface area contributed by atoms with Gasteiger partial charge >= 0.3 is 5.97 Å². The Kier molecular flexibility index (Phi) is 43.5. The maximum absolute atomic E-state index is 13.8. The van der Waals surface area contributed by atoms with E-state index in [-0.39, 0.29) is 17.9 Å². The quantitative estimate of drug-likeness (QED) is 0.0348. The number of rotatable bonds is 46. The van der Waals surface area contributed by atoms with Gasteiger partial charge in [0.1, 0.15) is 0 Å². The molecule has 0 aliphatic heterocycles. The van der Waals surface area contributed by atoms with Crippen molar-refractivity contribution in [3.63, 3.8) is 0 Å². The second kappa shape index (κ2) is 44.4. The minimum absolute atomic E-state index is 0.00975. The first-order valence-electron chi connectivity index (χ1n) is 25.6. The lowest BCUT2D eigenvalue weighted by Crippen LogP contribution is -2.40. The summed E-state index contributed by atoms with van der Waals surface area (Å²) in [7, 11) is 4.21. The second-order valence-electron chi connectivity index (χ2n) is 18.1. The summed E-state index contributed by atoms with van der Waals surface area (Å²) in [5.74, 6) is 0.691. The van der Waals surface area contributed by atoms with Gasteiger partial charge in [-0.25, -0.2) is 5.06 Å². The Balaban J connectivity index is 5.08. The molecule has 57 heavy (non-hydrogen) atoms. The summed E-state index contributed by atoms with van der Waals surface area (Å²) in [4.78, 5) is 35.3. The van der Waals surface area contributed by atoms with E-state index >= 15 is 0 Å². The van der Waals surface area contributed by atoms with E-state index < -0.39 is 0 Å². The third-order valence-corrected chi connectivity index (χ3v) is 12.0. The van der Waals surface area contributed by atoms with Crippen molar-refractivity contribution in [2.45, 2.75) is 278 Å². The Morgan fingerprint density at radius 3 is 1.30 bits per heavy atom. The van der Waals surface area contributed by atoms with Gasteiger partial charge in [-0.1, -0.05) is 207 Å². The Bertz CT molecular complexity index is 836. The highest BCUT2D eigenvalue weighted by molar-refractivity contribution is 5.75. The van der Waals surface area contributed by atoms with Crippen LogP contribution in [0.25, 0.3) is 0 Å². The molecule has 2 unspecified atom stereocenters. The molecular weight excluding hydrogens is 705 g/mol. The van der Waals surface area contributed by atoms with Crippen molar-refractivity contribution in [2.75, 3.05) is 33.9 Å². The van der Waals surface area contributed by atoms with Crippen LogP contribution in [0.4, 0.5) is 0 Å². The van der Waals surface area contributed by atoms with Gasteiger partial charge < -0.3 is 9.64 Å². The molecule has 0 rings (SSSR count). The van der Waals surface area contributed by atoms with Gasteiger partial charge in [-0.2, -0.15) is 0 Å². The van der Waals surface area contributed by atoms with E-state index in [1.54, 1.807) is 0 Å². The van der Waals surface area contributed by atoms with Gasteiger partial charge in [0.2, 0.25) is 5.91 Å². The van der Waals surface area contributed by atoms with Crippen molar-refractivity contribution in [3.05, 3.63) is 0 Å². The van der Waals surface area contributed by atoms with Crippen molar-refractivity contribution >= 4 is 11.9 Å². The van der Waals surface area contributed by atoms with Gasteiger partial charge in [0.25, 0.3) is 0 Å². The summed E-state index contributed by atoms with van der Waals surface area (Å²) in [5.41, 5.74) is 0. The minimum atomic E-state index is -0.00975. The Hall–Kier alpha value is -1.14. The molecule has 0 aliphatic carbocycles. The SMILES string of the molecule is CCCCCCCCCCON(C(=O)CCCCN(C)C)C(CCCCCCCCCC)CCCCCCC(=O)OCC(CCCCCC)CCCCCCCC. The maximum atomic E-state index is 13.8. The Labute approximate surface area is 357 Å². The zero-order valence-electron chi connectivity index (χ0n) is 39.7. The van der Waals surface area contributed by atoms with Crippen LogP contribution in [-0.4, -0.2) is 61.7 Å². The number of esters is 1. The first-order valence-corrected chi connectivity index (χ1v) is 25.6. The lowest BCUT2D eigenvalue weighted by Gasteiger charge is -2.31. The van der Waals surface area contributed by atoms with Gasteiger partial charge in [-0.15, -0.1) is 0 Å². The average Bonchev–Trinajstić information content (AvgIpc) is 3.20. The topological polar surface area (TPSA) is 59.1 Å². The van der Waals surface area contributed by atoms with E-state index in [1.807, 2.05) is 5.06 Å². The molecule has 1 amide bonds. The van der Waals surface area contributed by atoms with E-state index in [9.17, 15) is 9.59 Å². The molecular formula is C51H102N2O4. The van der Waals surface area contributed by atoms with Crippen molar-refractivity contribution in [3.8, 4) is 0 Å². The third-order valence-electron chi connectivity index (χ3n) is 12.0. The Morgan fingerprint density at radius 1 is 0.439 bits per heavy atom. The molecule has 0 aliphatic rings. The smallest absolute Gasteiger partial charge is 0.305 e. The van der Waals surface area contributed by atoms with Gasteiger partial charge in [0.05, 0.1) is 19.3 Å². The van der Waals surface area contributed by atoms with Crippen LogP contribution in [0, 0.1) is 5.92 Å². The van der Waals surface area contributed by atoms with E-state index in [2.05, 4.69) is 46.7 Å². The number of ether oxygens (including phenoxy) is 1. The molecule has 0 bridgehead atoms. The number of carbonyl (C=O) groups excluding carboxylic acids is 2.